The first kappa shape index (κ1) is 12.4. The molecule has 0 heterocycles. The molecule has 0 amide bonds. The van der Waals surface area contributed by atoms with Gasteiger partial charge in [0.2, 0.25) is 10.0 Å². The lowest BCUT2D eigenvalue weighted by atomic mass is 10.2. The van der Waals surface area contributed by atoms with Gasteiger partial charge in [-0.15, -0.1) is 0 Å². The molecule has 0 aromatic heterocycles. The second kappa shape index (κ2) is 5.95. The van der Waals surface area contributed by atoms with Crippen LogP contribution < -0.4 is 4.72 Å². The van der Waals surface area contributed by atoms with Gasteiger partial charge in [0.05, 0.1) is 17.9 Å². The highest BCUT2D eigenvalue weighted by atomic mass is 32.2. The van der Waals surface area contributed by atoms with E-state index in [0.717, 1.165) is 12.8 Å². The van der Waals surface area contributed by atoms with Crippen LogP contribution >= 0.6 is 0 Å². The molecule has 0 rings (SSSR count). The number of nitrogens with zero attached hydrogens (tertiary/aromatic N) is 1. The van der Waals surface area contributed by atoms with E-state index in [-0.39, 0.29) is 6.54 Å². The van der Waals surface area contributed by atoms with Gasteiger partial charge in [-0.1, -0.05) is 19.8 Å². The minimum atomic E-state index is -3.27. The van der Waals surface area contributed by atoms with Crippen molar-refractivity contribution >= 4 is 10.0 Å². The van der Waals surface area contributed by atoms with Crippen LogP contribution in [0.4, 0.5) is 0 Å². The van der Waals surface area contributed by atoms with Gasteiger partial charge in [-0.25, -0.2) is 13.1 Å². The highest BCUT2D eigenvalue weighted by molar-refractivity contribution is 7.90. The zero-order valence-electron chi connectivity index (χ0n) is 8.08. The van der Waals surface area contributed by atoms with E-state index in [1.54, 1.807) is 13.0 Å². The molecule has 0 saturated carbocycles. The first-order valence-corrected chi connectivity index (χ1v) is 5.94. The highest BCUT2D eigenvalue weighted by Crippen LogP contribution is 2.07. The van der Waals surface area contributed by atoms with E-state index in [1.807, 2.05) is 6.92 Å². The van der Waals surface area contributed by atoms with Gasteiger partial charge in [-0.2, -0.15) is 5.26 Å². The average molecular weight is 204 g/mol. The number of rotatable bonds is 6. The standard InChI is InChI=1S/C8H16N2O2S/c1-3-4-5-8(2)13(11,12)10-7-6-9/h8,10H,3-5,7H2,1-2H3. The molecule has 1 unspecified atom stereocenters. The molecule has 0 spiro atoms. The molecule has 0 aromatic rings. The largest absolute Gasteiger partial charge is 0.215 e. The average Bonchev–Trinajstić information content (AvgIpc) is 2.10. The summed E-state index contributed by atoms with van der Waals surface area (Å²) in [5.74, 6) is 0. The van der Waals surface area contributed by atoms with Crippen LogP contribution in [-0.2, 0) is 10.0 Å². The third kappa shape index (κ3) is 4.86. The second-order valence-electron chi connectivity index (χ2n) is 2.98. The van der Waals surface area contributed by atoms with Crippen LogP contribution in [-0.4, -0.2) is 20.2 Å². The third-order valence-corrected chi connectivity index (χ3v) is 3.69. The number of hydrogen-bond acceptors (Lipinski definition) is 3. The summed E-state index contributed by atoms with van der Waals surface area (Å²) >= 11 is 0. The van der Waals surface area contributed by atoms with Crippen molar-refractivity contribution in [3.63, 3.8) is 0 Å². The smallest absolute Gasteiger partial charge is 0.212 e. The van der Waals surface area contributed by atoms with Crippen LogP contribution in [0.15, 0.2) is 0 Å². The van der Waals surface area contributed by atoms with Crippen molar-refractivity contribution in [3.05, 3.63) is 0 Å². The monoisotopic (exact) mass is 204 g/mol. The topological polar surface area (TPSA) is 70.0 Å². The van der Waals surface area contributed by atoms with Crippen LogP contribution in [0.2, 0.25) is 0 Å². The Morgan fingerprint density at radius 2 is 2.15 bits per heavy atom. The summed E-state index contributed by atoms with van der Waals surface area (Å²) in [6.45, 7) is 3.54. The van der Waals surface area contributed by atoms with Crippen molar-refractivity contribution in [3.8, 4) is 6.07 Å². The summed E-state index contributed by atoms with van der Waals surface area (Å²) in [6, 6.07) is 1.74. The zero-order chi connectivity index (χ0) is 10.3. The van der Waals surface area contributed by atoms with Crippen LogP contribution in [0, 0.1) is 11.3 Å². The number of nitriles is 1. The van der Waals surface area contributed by atoms with Crippen molar-refractivity contribution < 1.29 is 8.42 Å². The van der Waals surface area contributed by atoms with Crippen molar-refractivity contribution in [1.29, 1.82) is 5.26 Å². The third-order valence-electron chi connectivity index (χ3n) is 1.85. The molecule has 76 valence electrons. The van der Waals surface area contributed by atoms with Crippen molar-refractivity contribution in [2.45, 2.75) is 38.4 Å². The first-order chi connectivity index (χ1) is 6.04. The maximum atomic E-state index is 11.3. The fraction of sp³-hybridized carbons (Fsp3) is 0.875. The number of hydrogen-bond donors (Lipinski definition) is 1. The SMILES string of the molecule is CCCCC(C)S(=O)(=O)NCC#N. The Labute approximate surface area is 80.0 Å². The number of unbranched alkanes of at least 4 members (excludes halogenated alkanes) is 1. The number of nitrogens with one attached hydrogen (secondary N) is 1. The van der Waals surface area contributed by atoms with E-state index in [1.165, 1.54) is 0 Å². The van der Waals surface area contributed by atoms with Gasteiger partial charge in [-0.05, 0) is 13.3 Å². The lowest BCUT2D eigenvalue weighted by Crippen LogP contribution is -2.32. The van der Waals surface area contributed by atoms with E-state index in [0.29, 0.717) is 6.42 Å². The van der Waals surface area contributed by atoms with Gasteiger partial charge in [-0.3, -0.25) is 0 Å². The summed E-state index contributed by atoms with van der Waals surface area (Å²) < 4.78 is 24.9. The maximum absolute atomic E-state index is 11.3. The Balaban J connectivity index is 4.05. The molecule has 0 aromatic carbocycles. The van der Waals surface area contributed by atoms with E-state index < -0.39 is 15.3 Å². The summed E-state index contributed by atoms with van der Waals surface area (Å²) in [5, 5.41) is 7.81. The molecule has 0 radical (unpaired) electrons. The molecule has 1 atom stereocenters. The maximum Gasteiger partial charge on any atom is 0.215 e. The van der Waals surface area contributed by atoms with Crippen molar-refractivity contribution in [2.24, 2.45) is 0 Å². The van der Waals surface area contributed by atoms with Crippen LogP contribution in [0.1, 0.15) is 33.1 Å². The molecular formula is C8H16N2O2S. The van der Waals surface area contributed by atoms with Gasteiger partial charge in [0.1, 0.15) is 0 Å². The predicted molar refractivity (Wildman–Crippen MR) is 51.5 cm³/mol. The van der Waals surface area contributed by atoms with Gasteiger partial charge in [0, 0.05) is 0 Å². The lowest BCUT2D eigenvalue weighted by Gasteiger charge is -2.11. The highest BCUT2D eigenvalue weighted by Gasteiger charge is 2.18. The molecule has 0 bridgehead atoms. The van der Waals surface area contributed by atoms with E-state index in [9.17, 15) is 8.42 Å². The van der Waals surface area contributed by atoms with Crippen LogP contribution in [0.3, 0.4) is 0 Å². The Kier molecular flexibility index (Phi) is 5.67. The van der Waals surface area contributed by atoms with Crippen molar-refractivity contribution in [2.75, 3.05) is 6.54 Å². The van der Waals surface area contributed by atoms with Crippen LogP contribution in [0.25, 0.3) is 0 Å². The lowest BCUT2D eigenvalue weighted by molar-refractivity contribution is 0.561. The summed E-state index contributed by atoms with van der Waals surface area (Å²) in [5.41, 5.74) is 0. The molecule has 5 heteroatoms. The minimum Gasteiger partial charge on any atom is -0.212 e. The fourth-order valence-corrected chi connectivity index (χ4v) is 1.95. The second-order valence-corrected chi connectivity index (χ2v) is 5.16. The molecule has 4 nitrogen and oxygen atoms in total. The minimum absolute atomic E-state index is 0.140. The number of sulfonamides is 1. The normalized spacial score (nSPS) is 13.6. The van der Waals surface area contributed by atoms with E-state index in [4.69, 9.17) is 5.26 Å². The molecule has 1 N–H and O–H groups in total. The molecule has 13 heavy (non-hydrogen) atoms. The van der Waals surface area contributed by atoms with Gasteiger partial charge in [0.15, 0.2) is 0 Å². The molecule has 0 saturated heterocycles. The Morgan fingerprint density at radius 1 is 1.54 bits per heavy atom. The molecule has 0 aliphatic heterocycles. The summed E-state index contributed by atoms with van der Waals surface area (Å²) in [4.78, 5) is 0. The summed E-state index contributed by atoms with van der Waals surface area (Å²) in [7, 11) is -3.27. The van der Waals surface area contributed by atoms with Gasteiger partial charge >= 0.3 is 0 Å². The zero-order valence-corrected chi connectivity index (χ0v) is 8.89. The Morgan fingerprint density at radius 3 is 2.62 bits per heavy atom. The molecule has 0 fully saturated rings. The Bertz CT molecular complexity index is 266. The Hall–Kier alpha value is -0.600. The molecular weight excluding hydrogens is 188 g/mol. The first-order valence-electron chi connectivity index (χ1n) is 4.40. The van der Waals surface area contributed by atoms with Crippen LogP contribution in [0.5, 0.6) is 0 Å². The summed E-state index contributed by atoms with van der Waals surface area (Å²) in [6.07, 6.45) is 2.53. The molecule has 0 aliphatic rings. The van der Waals surface area contributed by atoms with Gasteiger partial charge < -0.3 is 0 Å². The predicted octanol–water partition coefficient (Wildman–Crippen LogP) is 1.01. The quantitative estimate of drug-likeness (QED) is 0.656. The van der Waals surface area contributed by atoms with E-state index in [2.05, 4.69) is 4.72 Å². The van der Waals surface area contributed by atoms with Crippen molar-refractivity contribution in [1.82, 2.24) is 4.72 Å². The van der Waals surface area contributed by atoms with E-state index >= 15 is 0 Å². The molecule has 0 aliphatic carbocycles. The fourth-order valence-electron chi connectivity index (χ4n) is 0.922. The van der Waals surface area contributed by atoms with Gasteiger partial charge in [0.25, 0.3) is 0 Å².